The van der Waals surface area contributed by atoms with Crippen molar-refractivity contribution in [1.82, 2.24) is 34.9 Å². The fraction of sp³-hybridized carbons (Fsp3) is 0.429. The molecule has 1 aromatic carbocycles. The van der Waals surface area contributed by atoms with Gasteiger partial charge in [-0.3, -0.25) is 0 Å². The molecule has 1 saturated carbocycles. The molecule has 0 N–H and O–H groups in total. The van der Waals surface area contributed by atoms with Gasteiger partial charge in [0.2, 0.25) is 0 Å². The molecule has 4 aromatic rings. The number of sulfone groups is 1. The molecule has 12 heteroatoms. The summed E-state index contributed by atoms with van der Waals surface area (Å²) in [7, 11) is -3.19. The van der Waals surface area contributed by atoms with E-state index in [-0.39, 0.29) is 28.9 Å². The molecule has 5 rings (SSSR count). The number of benzene rings is 1. The second-order valence-corrected chi connectivity index (χ2v) is 13.3. The van der Waals surface area contributed by atoms with Crippen LogP contribution < -0.4 is 0 Å². The van der Waals surface area contributed by atoms with Crippen molar-refractivity contribution in [3.63, 3.8) is 0 Å². The predicted octanol–water partition coefficient (Wildman–Crippen LogP) is 4.71. The second kappa shape index (κ2) is 10.1. The molecule has 0 saturated heterocycles. The van der Waals surface area contributed by atoms with E-state index in [0.717, 1.165) is 12.0 Å². The summed E-state index contributed by atoms with van der Waals surface area (Å²) in [5, 5.41) is 13.3. The predicted molar refractivity (Wildman–Crippen MR) is 146 cm³/mol. The molecular weight excluding hydrogens is 536 g/mol. The van der Waals surface area contributed by atoms with Gasteiger partial charge in [-0.1, -0.05) is 19.9 Å². The summed E-state index contributed by atoms with van der Waals surface area (Å²) in [6.45, 7) is 7.98. The minimum atomic E-state index is -3.19. The van der Waals surface area contributed by atoms with E-state index in [1.807, 2.05) is 27.7 Å². The highest BCUT2D eigenvalue weighted by atomic mass is 32.2. The number of hydrogen-bond donors (Lipinski definition) is 0. The molecule has 0 unspecified atom stereocenters. The third-order valence-electron chi connectivity index (χ3n) is 7.62. The van der Waals surface area contributed by atoms with Gasteiger partial charge in [0.05, 0.1) is 33.8 Å². The van der Waals surface area contributed by atoms with Gasteiger partial charge in [0, 0.05) is 17.9 Å². The molecule has 40 heavy (non-hydrogen) atoms. The first kappa shape index (κ1) is 27.9. The van der Waals surface area contributed by atoms with Gasteiger partial charge in [0.25, 0.3) is 5.95 Å². The van der Waals surface area contributed by atoms with Crippen LogP contribution in [0.5, 0.6) is 0 Å². The van der Waals surface area contributed by atoms with Crippen molar-refractivity contribution in [3.8, 4) is 17.2 Å². The molecule has 0 bridgehead atoms. The lowest BCUT2D eigenvalue weighted by atomic mass is 9.79. The van der Waals surface area contributed by atoms with E-state index in [1.54, 1.807) is 18.3 Å². The van der Waals surface area contributed by atoms with Crippen LogP contribution in [-0.4, -0.2) is 55.4 Å². The van der Waals surface area contributed by atoms with Crippen molar-refractivity contribution in [3.05, 3.63) is 77.3 Å². The molecule has 210 valence electrons. The van der Waals surface area contributed by atoms with E-state index in [1.165, 1.54) is 35.5 Å². The molecule has 1 aliphatic rings. The summed E-state index contributed by atoms with van der Waals surface area (Å²) >= 11 is 0. The average Bonchev–Trinajstić information content (AvgIpc) is 3.48. The zero-order chi connectivity index (χ0) is 28.9. The highest BCUT2D eigenvalue weighted by Gasteiger charge is 2.50. The molecule has 0 amide bonds. The van der Waals surface area contributed by atoms with Gasteiger partial charge in [-0.15, -0.1) is 10.2 Å². The lowest BCUT2D eigenvalue weighted by Gasteiger charge is -2.28. The topological polar surface area (TPSA) is 116 Å². The SMILES string of the molecule is CC[C@H](C)c1cc(-c2c(F)cccc2F)nnc1C(C)(C)c1ccnc(-n2cnc(C3(CS(C)(=O)=O)CC3)n2)n1. The van der Waals surface area contributed by atoms with Gasteiger partial charge in [-0.2, -0.15) is 9.78 Å². The first-order chi connectivity index (χ1) is 18.8. The van der Waals surface area contributed by atoms with E-state index in [0.29, 0.717) is 30.1 Å². The summed E-state index contributed by atoms with van der Waals surface area (Å²) in [4.78, 5) is 13.5. The summed E-state index contributed by atoms with van der Waals surface area (Å²) in [6.07, 6.45) is 6.52. The molecule has 9 nitrogen and oxygen atoms in total. The molecule has 3 heterocycles. The Morgan fingerprint density at radius 2 is 1.80 bits per heavy atom. The summed E-state index contributed by atoms with van der Waals surface area (Å²) in [5.41, 5.74) is 0.696. The molecule has 0 spiro atoms. The molecule has 1 fully saturated rings. The Bertz CT molecular complexity index is 1660. The van der Waals surface area contributed by atoms with Gasteiger partial charge in [0.1, 0.15) is 27.8 Å². The minimum absolute atomic E-state index is 0.00176. The first-order valence-electron chi connectivity index (χ1n) is 13.1. The second-order valence-electron chi connectivity index (χ2n) is 11.2. The highest BCUT2D eigenvalue weighted by Crippen LogP contribution is 2.47. The number of rotatable bonds is 9. The first-order valence-corrected chi connectivity index (χ1v) is 15.2. The van der Waals surface area contributed by atoms with Crippen LogP contribution in [0.15, 0.2) is 42.9 Å². The van der Waals surface area contributed by atoms with Gasteiger partial charge in [-0.05, 0) is 68.9 Å². The van der Waals surface area contributed by atoms with Crippen LogP contribution in [0.2, 0.25) is 0 Å². The number of hydrogen-bond acceptors (Lipinski definition) is 8. The molecule has 0 radical (unpaired) electrons. The average molecular weight is 568 g/mol. The van der Waals surface area contributed by atoms with Crippen LogP contribution in [0, 0.1) is 11.6 Å². The van der Waals surface area contributed by atoms with Crippen LogP contribution in [0.25, 0.3) is 17.2 Å². The Morgan fingerprint density at radius 1 is 1.10 bits per heavy atom. The molecule has 1 aliphatic carbocycles. The van der Waals surface area contributed by atoms with E-state index in [9.17, 15) is 17.2 Å². The number of nitrogens with zero attached hydrogens (tertiary/aromatic N) is 7. The van der Waals surface area contributed by atoms with Gasteiger partial charge >= 0.3 is 0 Å². The standard InChI is InChI=1S/C28H31F2N7O2S/c1-6-17(2)18-14-21(23-19(29)8-7-9-20(23)30)34-35-24(18)27(3,4)22-10-13-31-26(33-22)37-16-32-25(36-37)28(11-12-28)15-40(5,38)39/h7-10,13-14,16-17H,6,11-12,15H2,1-5H3/t17-/m0/s1. The van der Waals surface area contributed by atoms with Crippen molar-refractivity contribution in [1.29, 1.82) is 0 Å². The van der Waals surface area contributed by atoms with Crippen molar-refractivity contribution in [2.24, 2.45) is 0 Å². The van der Waals surface area contributed by atoms with Crippen LogP contribution in [0.4, 0.5) is 8.78 Å². The molecule has 3 aromatic heterocycles. The maximum atomic E-state index is 14.5. The third-order valence-corrected chi connectivity index (χ3v) is 8.70. The minimum Gasteiger partial charge on any atom is -0.229 e. The van der Waals surface area contributed by atoms with Crippen LogP contribution in [0.3, 0.4) is 0 Å². The smallest absolute Gasteiger partial charge is 0.229 e. The monoisotopic (exact) mass is 567 g/mol. The van der Waals surface area contributed by atoms with E-state index in [2.05, 4.69) is 25.3 Å². The molecular formula is C28H31F2N7O2S. The van der Waals surface area contributed by atoms with Crippen molar-refractivity contribution >= 4 is 9.84 Å². The van der Waals surface area contributed by atoms with Crippen molar-refractivity contribution in [2.75, 3.05) is 12.0 Å². The lowest BCUT2D eigenvalue weighted by molar-refractivity contribution is 0.554. The Balaban J connectivity index is 1.53. The summed E-state index contributed by atoms with van der Waals surface area (Å²) in [5.74, 6) is -0.624. The maximum absolute atomic E-state index is 14.5. The molecule has 1 atom stereocenters. The Hall–Kier alpha value is -3.67. The fourth-order valence-corrected chi connectivity index (χ4v) is 6.39. The van der Waals surface area contributed by atoms with E-state index < -0.39 is 32.3 Å². The number of halogens is 2. The number of aromatic nitrogens is 7. The Kier molecular flexibility index (Phi) is 7.01. The zero-order valence-electron chi connectivity index (χ0n) is 23.1. The van der Waals surface area contributed by atoms with Crippen molar-refractivity contribution in [2.45, 2.75) is 63.7 Å². The highest BCUT2D eigenvalue weighted by molar-refractivity contribution is 7.90. The third kappa shape index (κ3) is 5.24. The largest absolute Gasteiger partial charge is 0.252 e. The van der Waals surface area contributed by atoms with Crippen LogP contribution in [-0.2, 0) is 20.7 Å². The zero-order valence-corrected chi connectivity index (χ0v) is 23.9. The fourth-order valence-electron chi connectivity index (χ4n) is 4.97. The van der Waals surface area contributed by atoms with E-state index in [4.69, 9.17) is 4.98 Å². The van der Waals surface area contributed by atoms with Crippen molar-refractivity contribution < 1.29 is 17.2 Å². The van der Waals surface area contributed by atoms with Crippen LogP contribution >= 0.6 is 0 Å². The Morgan fingerprint density at radius 3 is 2.42 bits per heavy atom. The summed E-state index contributed by atoms with van der Waals surface area (Å²) < 4.78 is 54.4. The quantitative estimate of drug-likeness (QED) is 0.286. The van der Waals surface area contributed by atoms with E-state index >= 15 is 0 Å². The lowest BCUT2D eigenvalue weighted by Crippen LogP contribution is -2.26. The summed E-state index contributed by atoms with van der Waals surface area (Å²) in [6, 6.07) is 7.20. The van der Waals surface area contributed by atoms with Gasteiger partial charge < -0.3 is 0 Å². The maximum Gasteiger partial charge on any atom is 0.252 e. The van der Waals surface area contributed by atoms with Gasteiger partial charge in [0.15, 0.2) is 5.82 Å². The molecule has 0 aliphatic heterocycles. The Labute approximate surface area is 232 Å². The van der Waals surface area contributed by atoms with Crippen LogP contribution in [0.1, 0.15) is 75.7 Å². The van der Waals surface area contributed by atoms with Gasteiger partial charge in [-0.25, -0.2) is 32.2 Å². The normalized spacial score (nSPS) is 15.7.